The highest BCUT2D eigenvalue weighted by molar-refractivity contribution is 7.99. The molecule has 5 nitrogen and oxygen atoms in total. The molecule has 0 aromatic heterocycles. The molecule has 86 valence electrons. The maximum atomic E-state index is 10.9. The van der Waals surface area contributed by atoms with Crippen LogP contribution in [0.4, 0.5) is 5.69 Å². The third-order valence-electron chi connectivity index (χ3n) is 2.52. The second kappa shape index (κ2) is 4.71. The summed E-state index contributed by atoms with van der Waals surface area (Å²) < 4.78 is 4.97. The summed E-state index contributed by atoms with van der Waals surface area (Å²) >= 11 is 1.81. The van der Waals surface area contributed by atoms with Crippen molar-refractivity contribution in [2.24, 2.45) is 0 Å². The van der Waals surface area contributed by atoms with Crippen molar-refractivity contribution >= 4 is 17.4 Å². The Morgan fingerprint density at radius 2 is 2.44 bits per heavy atom. The van der Waals surface area contributed by atoms with E-state index in [2.05, 4.69) is 5.32 Å². The molecule has 1 aliphatic heterocycles. The molecule has 0 spiro atoms. The summed E-state index contributed by atoms with van der Waals surface area (Å²) in [6.07, 6.45) is 0. The molecular weight excluding hydrogens is 228 g/mol. The molecule has 0 saturated carbocycles. The molecule has 2 rings (SSSR count). The zero-order valence-corrected chi connectivity index (χ0v) is 9.70. The Hall–Kier alpha value is -1.27. The highest BCUT2D eigenvalue weighted by atomic mass is 32.2. The van der Waals surface area contributed by atoms with Gasteiger partial charge in [0.1, 0.15) is 0 Å². The first-order valence-electron chi connectivity index (χ1n) is 4.99. The Morgan fingerprint density at radius 1 is 1.62 bits per heavy atom. The highest BCUT2D eigenvalue weighted by Crippen LogP contribution is 2.32. The summed E-state index contributed by atoms with van der Waals surface area (Å²) in [4.78, 5) is 10.5. The van der Waals surface area contributed by atoms with Crippen molar-refractivity contribution in [1.82, 2.24) is 0 Å². The Kier molecular flexibility index (Phi) is 3.31. The Balaban J connectivity index is 2.34. The van der Waals surface area contributed by atoms with Gasteiger partial charge in [0, 0.05) is 17.4 Å². The first-order chi connectivity index (χ1) is 7.72. The van der Waals surface area contributed by atoms with E-state index in [1.807, 2.05) is 17.8 Å². The lowest BCUT2D eigenvalue weighted by atomic mass is 10.2. The smallest absolute Gasteiger partial charge is 0.311 e. The Bertz CT molecular complexity index is 405. The van der Waals surface area contributed by atoms with Crippen LogP contribution in [-0.4, -0.2) is 24.3 Å². The summed E-state index contributed by atoms with van der Waals surface area (Å²) in [5.41, 5.74) is 1.02. The van der Waals surface area contributed by atoms with Gasteiger partial charge in [-0.3, -0.25) is 10.1 Å². The fourth-order valence-corrected chi connectivity index (χ4v) is 2.88. The summed E-state index contributed by atoms with van der Waals surface area (Å²) in [5.74, 6) is 1.40. The van der Waals surface area contributed by atoms with Crippen LogP contribution < -0.4 is 10.1 Å². The van der Waals surface area contributed by atoms with E-state index >= 15 is 0 Å². The molecule has 16 heavy (non-hydrogen) atoms. The molecule has 1 aliphatic rings. The van der Waals surface area contributed by atoms with E-state index in [0.717, 1.165) is 17.9 Å². The number of nitrogens with zero attached hydrogens (tertiary/aromatic N) is 1. The number of benzene rings is 1. The van der Waals surface area contributed by atoms with Gasteiger partial charge in [-0.15, -0.1) is 0 Å². The molecule has 1 aromatic rings. The van der Waals surface area contributed by atoms with E-state index in [1.54, 1.807) is 12.1 Å². The van der Waals surface area contributed by atoms with Gasteiger partial charge in [-0.1, -0.05) is 11.8 Å². The van der Waals surface area contributed by atoms with Gasteiger partial charge in [-0.2, -0.15) is 0 Å². The van der Waals surface area contributed by atoms with Crippen LogP contribution in [0.2, 0.25) is 0 Å². The molecule has 6 heteroatoms. The zero-order chi connectivity index (χ0) is 11.5. The lowest BCUT2D eigenvalue weighted by molar-refractivity contribution is -0.663. The minimum atomic E-state index is -0.401. The fourth-order valence-electron chi connectivity index (χ4n) is 1.74. The Labute approximate surface area is 97.3 Å². The van der Waals surface area contributed by atoms with Crippen LogP contribution in [0, 0.1) is 10.1 Å². The second-order valence-electron chi connectivity index (χ2n) is 3.50. The van der Waals surface area contributed by atoms with Crippen molar-refractivity contribution in [2.45, 2.75) is 5.37 Å². The van der Waals surface area contributed by atoms with E-state index in [0.29, 0.717) is 5.75 Å². The lowest BCUT2D eigenvalue weighted by Crippen LogP contribution is -2.81. The largest absolute Gasteiger partial charge is 0.490 e. The van der Waals surface area contributed by atoms with E-state index in [-0.39, 0.29) is 11.1 Å². The van der Waals surface area contributed by atoms with Crippen molar-refractivity contribution in [1.29, 1.82) is 0 Å². The van der Waals surface area contributed by atoms with Crippen molar-refractivity contribution in [3.8, 4) is 5.75 Å². The maximum absolute atomic E-state index is 10.9. The molecule has 0 amide bonds. The third kappa shape index (κ3) is 2.12. The zero-order valence-electron chi connectivity index (χ0n) is 8.88. The number of nitro groups is 1. The first-order valence-corrected chi connectivity index (χ1v) is 6.04. The van der Waals surface area contributed by atoms with Crippen molar-refractivity contribution < 1.29 is 15.0 Å². The molecule has 0 bridgehead atoms. The number of hydrogen-bond acceptors (Lipinski definition) is 4. The summed E-state index contributed by atoms with van der Waals surface area (Å²) in [6, 6.07) is 5.17. The first kappa shape index (κ1) is 11.2. The predicted octanol–water partition coefficient (Wildman–Crippen LogP) is 0.912. The average Bonchev–Trinajstić information content (AvgIpc) is 2.81. The van der Waals surface area contributed by atoms with Crippen molar-refractivity contribution in [3.05, 3.63) is 33.9 Å². The predicted molar refractivity (Wildman–Crippen MR) is 61.6 cm³/mol. The van der Waals surface area contributed by atoms with Gasteiger partial charge >= 0.3 is 5.69 Å². The summed E-state index contributed by atoms with van der Waals surface area (Å²) in [6.45, 7) is 1.06. The number of quaternary nitrogens is 1. The van der Waals surface area contributed by atoms with Crippen LogP contribution in [-0.2, 0) is 0 Å². The van der Waals surface area contributed by atoms with Crippen LogP contribution in [0.15, 0.2) is 18.2 Å². The summed E-state index contributed by atoms with van der Waals surface area (Å²) in [5, 5.41) is 13.3. The van der Waals surface area contributed by atoms with Crippen LogP contribution >= 0.6 is 11.8 Å². The highest BCUT2D eigenvalue weighted by Gasteiger charge is 2.24. The van der Waals surface area contributed by atoms with Gasteiger partial charge in [-0.25, -0.2) is 0 Å². The molecule has 1 aromatic carbocycles. The fraction of sp³-hybridized carbons (Fsp3) is 0.400. The maximum Gasteiger partial charge on any atom is 0.311 e. The monoisotopic (exact) mass is 241 g/mol. The molecule has 1 atom stereocenters. The van der Waals surface area contributed by atoms with Gasteiger partial charge < -0.3 is 10.1 Å². The molecule has 1 fully saturated rings. The number of nitro benzene ring substituents is 1. The molecule has 0 unspecified atom stereocenters. The molecule has 0 aliphatic carbocycles. The van der Waals surface area contributed by atoms with E-state index in [1.165, 1.54) is 7.11 Å². The van der Waals surface area contributed by atoms with Crippen LogP contribution in [0.3, 0.4) is 0 Å². The van der Waals surface area contributed by atoms with E-state index in [9.17, 15) is 10.1 Å². The number of nitrogens with two attached hydrogens (primary N) is 1. The van der Waals surface area contributed by atoms with Crippen LogP contribution in [0.5, 0.6) is 5.75 Å². The van der Waals surface area contributed by atoms with Crippen LogP contribution in [0.25, 0.3) is 0 Å². The van der Waals surface area contributed by atoms with E-state index < -0.39 is 4.92 Å². The van der Waals surface area contributed by atoms with Gasteiger partial charge in [0.15, 0.2) is 11.1 Å². The number of thioether (sulfide) groups is 1. The van der Waals surface area contributed by atoms with Gasteiger partial charge in [0.25, 0.3) is 0 Å². The second-order valence-corrected chi connectivity index (χ2v) is 4.75. The SMILES string of the molecule is COc1ccc([C@@H]2[NH2+]CCS2)cc1[N+](=O)[O-]. The third-order valence-corrected chi connectivity index (χ3v) is 3.82. The molecule has 1 saturated heterocycles. The molecule has 1 heterocycles. The standard InChI is InChI=1S/C10H12N2O3S/c1-15-9-3-2-7(6-8(9)12(13)14)10-11-4-5-16-10/h2-3,6,10-11H,4-5H2,1H3/p+1/t10-/m1/s1. The minimum absolute atomic E-state index is 0.0425. The number of methoxy groups -OCH3 is 1. The normalized spacial score (nSPS) is 19.7. The van der Waals surface area contributed by atoms with Crippen molar-refractivity contribution in [3.63, 3.8) is 0 Å². The molecular formula is C10H13N2O3S+. The topological polar surface area (TPSA) is 69.0 Å². The van der Waals surface area contributed by atoms with Gasteiger partial charge in [0.05, 0.1) is 18.6 Å². The van der Waals surface area contributed by atoms with Gasteiger partial charge in [-0.05, 0) is 12.1 Å². The Morgan fingerprint density at radius 3 is 3.00 bits per heavy atom. The molecule has 0 radical (unpaired) electrons. The minimum Gasteiger partial charge on any atom is -0.490 e. The molecule has 2 N–H and O–H groups in total. The lowest BCUT2D eigenvalue weighted by Gasteiger charge is -2.08. The quantitative estimate of drug-likeness (QED) is 0.631. The number of rotatable bonds is 3. The number of hydrogen-bond donors (Lipinski definition) is 1. The van der Waals surface area contributed by atoms with Gasteiger partial charge in [0.2, 0.25) is 0 Å². The average molecular weight is 241 g/mol. The summed E-state index contributed by atoms with van der Waals surface area (Å²) in [7, 11) is 1.44. The number of ether oxygens (including phenoxy) is 1. The van der Waals surface area contributed by atoms with Crippen molar-refractivity contribution in [2.75, 3.05) is 19.4 Å². The van der Waals surface area contributed by atoms with Crippen LogP contribution in [0.1, 0.15) is 10.9 Å². The van der Waals surface area contributed by atoms with E-state index in [4.69, 9.17) is 4.74 Å².